The van der Waals surface area contributed by atoms with Crippen LogP contribution in [0.1, 0.15) is 19.4 Å². The first-order chi connectivity index (χ1) is 7.04. The number of ether oxygens (including phenoxy) is 1. The lowest BCUT2D eigenvalue weighted by atomic mass is 10.1. The number of fused-ring (bicyclic) bond motifs is 1. The Balaban J connectivity index is 2.04. The maximum atomic E-state index is 13.3. The summed E-state index contributed by atoms with van der Waals surface area (Å²) >= 11 is 0. The molecule has 0 aromatic heterocycles. The summed E-state index contributed by atoms with van der Waals surface area (Å²) in [6, 6.07) is 5.90. The van der Waals surface area contributed by atoms with E-state index in [0.29, 0.717) is 6.54 Å². The van der Waals surface area contributed by atoms with Gasteiger partial charge in [-0.15, -0.1) is 0 Å². The summed E-state index contributed by atoms with van der Waals surface area (Å²) in [5, 5.41) is 3.08. The van der Waals surface area contributed by atoms with Crippen molar-refractivity contribution in [2.75, 3.05) is 18.5 Å². The van der Waals surface area contributed by atoms with Crippen molar-refractivity contribution in [3.63, 3.8) is 0 Å². The number of halogens is 1. The fourth-order valence-corrected chi connectivity index (χ4v) is 1.61. The SMILES string of the molecule is CC(C)(F)CNc1ccc2c(c1)CCO2. The molecule has 0 aliphatic carbocycles. The highest BCUT2D eigenvalue weighted by Crippen LogP contribution is 2.28. The quantitative estimate of drug-likeness (QED) is 0.826. The van der Waals surface area contributed by atoms with Crippen LogP contribution in [-0.2, 0) is 6.42 Å². The molecule has 0 atom stereocenters. The van der Waals surface area contributed by atoms with Gasteiger partial charge in [0.2, 0.25) is 0 Å². The van der Waals surface area contributed by atoms with E-state index in [-0.39, 0.29) is 0 Å². The Morgan fingerprint density at radius 3 is 3.00 bits per heavy atom. The third-order valence-corrected chi connectivity index (χ3v) is 2.40. The molecule has 1 aliphatic rings. The van der Waals surface area contributed by atoms with E-state index in [1.807, 2.05) is 18.2 Å². The fourth-order valence-electron chi connectivity index (χ4n) is 1.61. The van der Waals surface area contributed by atoms with Crippen molar-refractivity contribution < 1.29 is 9.13 Å². The average Bonchev–Trinajstić information content (AvgIpc) is 2.60. The van der Waals surface area contributed by atoms with E-state index in [9.17, 15) is 4.39 Å². The standard InChI is InChI=1S/C12H16FNO/c1-12(2,13)8-14-10-3-4-11-9(7-10)5-6-15-11/h3-4,7,14H,5-6,8H2,1-2H3. The van der Waals surface area contributed by atoms with E-state index < -0.39 is 5.67 Å². The van der Waals surface area contributed by atoms with Crippen LogP contribution < -0.4 is 10.1 Å². The van der Waals surface area contributed by atoms with Gasteiger partial charge >= 0.3 is 0 Å². The van der Waals surface area contributed by atoms with Crippen molar-refractivity contribution in [2.24, 2.45) is 0 Å². The van der Waals surface area contributed by atoms with Crippen LogP contribution in [-0.4, -0.2) is 18.8 Å². The van der Waals surface area contributed by atoms with Gasteiger partial charge in [-0.05, 0) is 37.6 Å². The van der Waals surface area contributed by atoms with E-state index in [0.717, 1.165) is 24.5 Å². The fraction of sp³-hybridized carbons (Fsp3) is 0.500. The van der Waals surface area contributed by atoms with Crippen LogP contribution >= 0.6 is 0 Å². The van der Waals surface area contributed by atoms with E-state index in [2.05, 4.69) is 5.32 Å². The van der Waals surface area contributed by atoms with Crippen molar-refractivity contribution in [3.8, 4) is 5.75 Å². The van der Waals surface area contributed by atoms with Crippen molar-refractivity contribution in [1.29, 1.82) is 0 Å². The lowest BCUT2D eigenvalue weighted by molar-refractivity contribution is 0.235. The molecule has 0 spiro atoms. The minimum absolute atomic E-state index is 0.326. The van der Waals surface area contributed by atoms with Crippen molar-refractivity contribution in [3.05, 3.63) is 23.8 Å². The minimum Gasteiger partial charge on any atom is -0.493 e. The van der Waals surface area contributed by atoms with Gasteiger partial charge in [0, 0.05) is 18.7 Å². The topological polar surface area (TPSA) is 21.3 Å². The van der Waals surface area contributed by atoms with Gasteiger partial charge in [-0.25, -0.2) is 4.39 Å². The van der Waals surface area contributed by atoms with Gasteiger partial charge in [0.25, 0.3) is 0 Å². The number of benzene rings is 1. The molecule has 1 N–H and O–H groups in total. The molecule has 0 saturated carbocycles. The van der Waals surface area contributed by atoms with Gasteiger partial charge in [-0.1, -0.05) is 0 Å². The molecule has 15 heavy (non-hydrogen) atoms. The normalized spacial score (nSPS) is 14.6. The second-order valence-corrected chi connectivity index (χ2v) is 4.49. The summed E-state index contributed by atoms with van der Waals surface area (Å²) in [6.07, 6.45) is 0.948. The van der Waals surface area contributed by atoms with E-state index >= 15 is 0 Å². The van der Waals surface area contributed by atoms with E-state index in [1.54, 1.807) is 13.8 Å². The van der Waals surface area contributed by atoms with Gasteiger partial charge in [0.15, 0.2) is 0 Å². The highest BCUT2D eigenvalue weighted by Gasteiger charge is 2.16. The predicted molar refractivity (Wildman–Crippen MR) is 59.3 cm³/mol. The minimum atomic E-state index is -1.19. The second kappa shape index (κ2) is 3.72. The molecule has 0 amide bonds. The summed E-state index contributed by atoms with van der Waals surface area (Å²) in [5.74, 6) is 0.958. The average molecular weight is 209 g/mol. The maximum absolute atomic E-state index is 13.3. The molecule has 1 aromatic carbocycles. The highest BCUT2D eigenvalue weighted by atomic mass is 19.1. The van der Waals surface area contributed by atoms with Crippen molar-refractivity contribution >= 4 is 5.69 Å². The number of hydrogen-bond donors (Lipinski definition) is 1. The zero-order valence-corrected chi connectivity index (χ0v) is 9.14. The van der Waals surface area contributed by atoms with Crippen LogP contribution in [0.15, 0.2) is 18.2 Å². The van der Waals surface area contributed by atoms with Crippen LogP contribution in [0.3, 0.4) is 0 Å². The Bertz CT molecular complexity index is 357. The Kier molecular flexibility index (Phi) is 2.55. The Morgan fingerprint density at radius 2 is 2.27 bits per heavy atom. The zero-order valence-electron chi connectivity index (χ0n) is 9.14. The lowest BCUT2D eigenvalue weighted by Crippen LogP contribution is -2.24. The molecule has 0 fully saturated rings. The molecule has 1 heterocycles. The lowest BCUT2D eigenvalue weighted by Gasteiger charge is -2.16. The molecule has 82 valence electrons. The third-order valence-electron chi connectivity index (χ3n) is 2.40. The van der Waals surface area contributed by atoms with Crippen LogP contribution in [0, 0.1) is 0 Å². The smallest absolute Gasteiger partial charge is 0.122 e. The first-order valence-corrected chi connectivity index (χ1v) is 5.23. The van der Waals surface area contributed by atoms with Crippen LogP contribution in [0.2, 0.25) is 0 Å². The molecule has 2 nitrogen and oxygen atoms in total. The van der Waals surface area contributed by atoms with Gasteiger partial charge in [0.05, 0.1) is 6.61 Å². The Morgan fingerprint density at radius 1 is 1.47 bits per heavy atom. The number of anilines is 1. The molecular formula is C12H16FNO. The summed E-state index contributed by atoms with van der Waals surface area (Å²) in [4.78, 5) is 0. The van der Waals surface area contributed by atoms with E-state index in [4.69, 9.17) is 4.74 Å². The van der Waals surface area contributed by atoms with Crippen molar-refractivity contribution in [1.82, 2.24) is 0 Å². The van der Waals surface area contributed by atoms with Crippen molar-refractivity contribution in [2.45, 2.75) is 25.9 Å². The van der Waals surface area contributed by atoms with Crippen LogP contribution in [0.25, 0.3) is 0 Å². The highest BCUT2D eigenvalue weighted by molar-refractivity contribution is 5.52. The summed E-state index contributed by atoms with van der Waals surface area (Å²) < 4.78 is 18.7. The Hall–Kier alpha value is -1.25. The van der Waals surface area contributed by atoms with E-state index in [1.165, 1.54) is 5.56 Å². The molecular weight excluding hydrogens is 193 g/mol. The molecule has 0 radical (unpaired) electrons. The maximum Gasteiger partial charge on any atom is 0.122 e. The summed E-state index contributed by atoms with van der Waals surface area (Å²) in [5.41, 5.74) is 0.983. The Labute approximate surface area is 89.4 Å². The number of nitrogens with one attached hydrogen (secondary N) is 1. The number of rotatable bonds is 3. The van der Waals surface area contributed by atoms with Crippen LogP contribution in [0.5, 0.6) is 5.75 Å². The molecule has 1 aliphatic heterocycles. The molecule has 3 heteroatoms. The van der Waals surface area contributed by atoms with Crippen LogP contribution in [0.4, 0.5) is 10.1 Å². The third kappa shape index (κ3) is 2.61. The number of hydrogen-bond acceptors (Lipinski definition) is 2. The van der Waals surface area contributed by atoms with Gasteiger partial charge in [-0.3, -0.25) is 0 Å². The monoisotopic (exact) mass is 209 g/mol. The first-order valence-electron chi connectivity index (χ1n) is 5.23. The van der Waals surface area contributed by atoms with Gasteiger partial charge < -0.3 is 10.1 Å². The number of alkyl halides is 1. The predicted octanol–water partition coefficient (Wildman–Crippen LogP) is 2.78. The molecule has 0 bridgehead atoms. The summed E-state index contributed by atoms with van der Waals surface area (Å²) in [7, 11) is 0. The van der Waals surface area contributed by atoms with Gasteiger partial charge in [-0.2, -0.15) is 0 Å². The molecule has 0 saturated heterocycles. The first kappa shape index (κ1) is 10.3. The molecule has 1 aromatic rings. The molecule has 0 unspecified atom stereocenters. The molecule has 2 rings (SSSR count). The largest absolute Gasteiger partial charge is 0.493 e. The van der Waals surface area contributed by atoms with Gasteiger partial charge in [0.1, 0.15) is 11.4 Å². The summed E-state index contributed by atoms with van der Waals surface area (Å²) in [6.45, 7) is 4.22. The second-order valence-electron chi connectivity index (χ2n) is 4.49. The zero-order chi connectivity index (χ0) is 10.9.